The van der Waals surface area contributed by atoms with Crippen LogP contribution in [0.3, 0.4) is 0 Å². The molecule has 1 saturated carbocycles. The third-order valence-electron chi connectivity index (χ3n) is 4.48. The van der Waals surface area contributed by atoms with E-state index in [1.165, 1.54) is 32.1 Å². The fourth-order valence-electron chi connectivity index (χ4n) is 3.29. The van der Waals surface area contributed by atoms with Gasteiger partial charge in [0.1, 0.15) is 5.54 Å². The standard InChI is InChI=1S/C16H32N2O2/c1-5-18(14-9-7-6-8-10-14)12-11-16(4,15(19)20)17-13(2)3/h13-14,17H,5-12H2,1-4H3,(H,19,20). The fourth-order valence-corrected chi connectivity index (χ4v) is 3.29. The number of nitrogens with zero attached hydrogens (tertiary/aromatic N) is 1. The van der Waals surface area contributed by atoms with Crippen molar-refractivity contribution in [2.45, 2.75) is 83.8 Å². The predicted molar refractivity (Wildman–Crippen MR) is 83.0 cm³/mol. The lowest BCUT2D eigenvalue weighted by Gasteiger charge is -2.36. The number of aliphatic carboxylic acids is 1. The van der Waals surface area contributed by atoms with E-state index in [4.69, 9.17) is 0 Å². The molecule has 0 heterocycles. The van der Waals surface area contributed by atoms with E-state index in [1.807, 2.05) is 20.8 Å². The molecular weight excluding hydrogens is 252 g/mol. The van der Waals surface area contributed by atoms with Crippen LogP contribution in [0.2, 0.25) is 0 Å². The normalized spacial score (nSPS) is 20.3. The second-order valence-electron chi connectivity index (χ2n) is 6.61. The highest BCUT2D eigenvalue weighted by atomic mass is 16.4. The average molecular weight is 284 g/mol. The van der Waals surface area contributed by atoms with E-state index in [-0.39, 0.29) is 6.04 Å². The Bertz CT molecular complexity index is 301. The van der Waals surface area contributed by atoms with Crippen LogP contribution in [0, 0.1) is 0 Å². The van der Waals surface area contributed by atoms with E-state index in [2.05, 4.69) is 17.1 Å². The third-order valence-corrected chi connectivity index (χ3v) is 4.48. The third kappa shape index (κ3) is 5.06. The number of carboxylic acids is 1. The second kappa shape index (κ2) is 7.99. The molecule has 0 aromatic rings. The SMILES string of the molecule is CCN(CCC(C)(NC(C)C)C(=O)O)C1CCCCC1. The summed E-state index contributed by atoms with van der Waals surface area (Å²) in [5.41, 5.74) is -0.823. The Hall–Kier alpha value is -0.610. The largest absolute Gasteiger partial charge is 0.480 e. The lowest BCUT2D eigenvalue weighted by atomic mass is 9.92. The van der Waals surface area contributed by atoms with Gasteiger partial charge in [0.05, 0.1) is 0 Å². The van der Waals surface area contributed by atoms with Crippen LogP contribution in [0.15, 0.2) is 0 Å². The van der Waals surface area contributed by atoms with Crippen LogP contribution in [-0.4, -0.2) is 46.7 Å². The lowest BCUT2D eigenvalue weighted by Crippen LogP contribution is -2.54. The number of nitrogens with one attached hydrogen (secondary N) is 1. The highest BCUT2D eigenvalue weighted by Crippen LogP contribution is 2.23. The molecule has 2 N–H and O–H groups in total. The molecule has 0 aromatic carbocycles. The Labute approximate surface area is 123 Å². The van der Waals surface area contributed by atoms with Gasteiger partial charge in [0.15, 0.2) is 0 Å². The summed E-state index contributed by atoms with van der Waals surface area (Å²) >= 11 is 0. The van der Waals surface area contributed by atoms with Crippen molar-refractivity contribution in [3.63, 3.8) is 0 Å². The van der Waals surface area contributed by atoms with Crippen molar-refractivity contribution in [1.82, 2.24) is 10.2 Å². The zero-order chi connectivity index (χ0) is 15.2. The van der Waals surface area contributed by atoms with Crippen LogP contribution in [0.4, 0.5) is 0 Å². The molecule has 0 spiro atoms. The first kappa shape index (κ1) is 17.4. The predicted octanol–water partition coefficient (Wildman–Crippen LogP) is 2.87. The second-order valence-corrected chi connectivity index (χ2v) is 6.61. The van der Waals surface area contributed by atoms with Crippen LogP contribution in [0.5, 0.6) is 0 Å². The highest BCUT2D eigenvalue weighted by molar-refractivity contribution is 5.78. The Balaban J connectivity index is 2.57. The maximum absolute atomic E-state index is 11.6. The molecule has 1 atom stereocenters. The molecule has 0 aliphatic heterocycles. The minimum atomic E-state index is -0.823. The van der Waals surface area contributed by atoms with Crippen LogP contribution in [0.25, 0.3) is 0 Å². The quantitative estimate of drug-likeness (QED) is 0.719. The molecule has 1 aliphatic rings. The number of rotatable bonds is 8. The van der Waals surface area contributed by atoms with Crippen molar-refractivity contribution >= 4 is 5.97 Å². The maximum atomic E-state index is 11.6. The first-order valence-electron chi connectivity index (χ1n) is 8.14. The van der Waals surface area contributed by atoms with Crippen molar-refractivity contribution in [3.05, 3.63) is 0 Å². The van der Waals surface area contributed by atoms with Crippen molar-refractivity contribution in [2.24, 2.45) is 0 Å². The molecular formula is C16H32N2O2. The van der Waals surface area contributed by atoms with Gasteiger partial charge in [-0.15, -0.1) is 0 Å². The molecule has 1 fully saturated rings. The smallest absolute Gasteiger partial charge is 0.323 e. The molecule has 1 aliphatic carbocycles. The zero-order valence-electron chi connectivity index (χ0n) is 13.6. The minimum Gasteiger partial charge on any atom is -0.480 e. The summed E-state index contributed by atoms with van der Waals surface area (Å²) in [5.74, 6) is -0.745. The molecule has 1 rings (SSSR count). The Morgan fingerprint density at radius 2 is 1.95 bits per heavy atom. The van der Waals surface area contributed by atoms with E-state index in [1.54, 1.807) is 0 Å². The van der Waals surface area contributed by atoms with Gasteiger partial charge in [-0.2, -0.15) is 0 Å². The van der Waals surface area contributed by atoms with E-state index < -0.39 is 11.5 Å². The molecule has 0 saturated heterocycles. The summed E-state index contributed by atoms with van der Waals surface area (Å²) in [6, 6.07) is 0.840. The molecule has 0 bridgehead atoms. The monoisotopic (exact) mass is 284 g/mol. The highest BCUT2D eigenvalue weighted by Gasteiger charge is 2.34. The minimum absolute atomic E-state index is 0.181. The summed E-state index contributed by atoms with van der Waals surface area (Å²) in [5, 5.41) is 12.7. The van der Waals surface area contributed by atoms with Gasteiger partial charge < -0.3 is 10.0 Å². The van der Waals surface area contributed by atoms with E-state index in [0.717, 1.165) is 13.1 Å². The van der Waals surface area contributed by atoms with Crippen LogP contribution < -0.4 is 5.32 Å². The van der Waals surface area contributed by atoms with Crippen LogP contribution in [0.1, 0.15) is 66.2 Å². The van der Waals surface area contributed by atoms with Gasteiger partial charge in [-0.25, -0.2) is 0 Å². The Morgan fingerprint density at radius 1 is 1.35 bits per heavy atom. The van der Waals surface area contributed by atoms with E-state index in [0.29, 0.717) is 12.5 Å². The van der Waals surface area contributed by atoms with Gasteiger partial charge in [-0.05, 0) is 46.6 Å². The summed E-state index contributed by atoms with van der Waals surface area (Å²) in [6.07, 6.45) is 7.20. The molecule has 4 heteroatoms. The summed E-state index contributed by atoms with van der Waals surface area (Å²) in [6.45, 7) is 9.87. The first-order chi connectivity index (χ1) is 9.39. The summed E-state index contributed by atoms with van der Waals surface area (Å²) in [7, 11) is 0. The molecule has 1 unspecified atom stereocenters. The van der Waals surface area contributed by atoms with Gasteiger partial charge in [0, 0.05) is 18.6 Å². The van der Waals surface area contributed by atoms with Crippen molar-refractivity contribution in [3.8, 4) is 0 Å². The topological polar surface area (TPSA) is 52.6 Å². The van der Waals surface area contributed by atoms with Gasteiger partial charge in [-0.1, -0.05) is 26.2 Å². The van der Waals surface area contributed by atoms with Crippen molar-refractivity contribution in [2.75, 3.05) is 13.1 Å². The van der Waals surface area contributed by atoms with Gasteiger partial charge in [-0.3, -0.25) is 10.1 Å². The number of hydrogen-bond acceptors (Lipinski definition) is 3. The van der Waals surface area contributed by atoms with Crippen molar-refractivity contribution < 1.29 is 9.90 Å². The van der Waals surface area contributed by atoms with Gasteiger partial charge in [0.25, 0.3) is 0 Å². The number of carboxylic acid groups (broad SMARTS) is 1. The molecule has 20 heavy (non-hydrogen) atoms. The molecule has 4 nitrogen and oxygen atoms in total. The molecule has 118 valence electrons. The Kier molecular flexibility index (Phi) is 6.96. The maximum Gasteiger partial charge on any atom is 0.323 e. The number of hydrogen-bond donors (Lipinski definition) is 2. The van der Waals surface area contributed by atoms with Crippen molar-refractivity contribution in [1.29, 1.82) is 0 Å². The van der Waals surface area contributed by atoms with Gasteiger partial charge >= 0.3 is 5.97 Å². The molecule has 0 aromatic heterocycles. The number of carbonyl (C=O) groups is 1. The summed E-state index contributed by atoms with van der Waals surface area (Å²) in [4.78, 5) is 14.0. The average Bonchev–Trinajstić information content (AvgIpc) is 2.39. The fraction of sp³-hybridized carbons (Fsp3) is 0.938. The zero-order valence-corrected chi connectivity index (χ0v) is 13.6. The van der Waals surface area contributed by atoms with Crippen LogP contribution >= 0.6 is 0 Å². The lowest BCUT2D eigenvalue weighted by molar-refractivity contribution is -0.145. The first-order valence-corrected chi connectivity index (χ1v) is 8.14. The molecule has 0 radical (unpaired) electrons. The Morgan fingerprint density at radius 3 is 2.40 bits per heavy atom. The summed E-state index contributed by atoms with van der Waals surface area (Å²) < 4.78 is 0. The van der Waals surface area contributed by atoms with E-state index >= 15 is 0 Å². The molecule has 0 amide bonds. The van der Waals surface area contributed by atoms with Gasteiger partial charge in [0.2, 0.25) is 0 Å². The van der Waals surface area contributed by atoms with E-state index in [9.17, 15) is 9.90 Å². The van der Waals surface area contributed by atoms with Crippen LogP contribution in [-0.2, 0) is 4.79 Å².